The van der Waals surface area contributed by atoms with Gasteiger partial charge in [0.15, 0.2) is 5.82 Å². The van der Waals surface area contributed by atoms with Crippen molar-refractivity contribution in [3.63, 3.8) is 0 Å². The van der Waals surface area contributed by atoms with Gasteiger partial charge in [0.05, 0.1) is 12.6 Å². The molecule has 0 aliphatic rings. The number of nitrogens with zero attached hydrogens (tertiary/aromatic N) is 3. The number of nitrogens with two attached hydrogens (primary N) is 1. The minimum Gasteiger partial charge on any atom is -0.319 e. The molecule has 0 spiro atoms. The Hall–Kier alpha value is -1.40. The summed E-state index contributed by atoms with van der Waals surface area (Å²) in [6.45, 7) is 7.50. The lowest BCUT2D eigenvalue weighted by molar-refractivity contribution is -0.119. The Morgan fingerprint density at radius 3 is 2.68 bits per heavy atom. The summed E-state index contributed by atoms with van der Waals surface area (Å²) in [5.74, 6) is 0.341. The monoisotopic (exact) mass is 267 g/mol. The summed E-state index contributed by atoms with van der Waals surface area (Å²) in [5.41, 5.74) is 5.63. The fourth-order valence-corrected chi connectivity index (χ4v) is 1.45. The van der Waals surface area contributed by atoms with E-state index in [4.69, 9.17) is 5.73 Å². The van der Waals surface area contributed by atoms with Gasteiger partial charge in [0.1, 0.15) is 0 Å². The van der Waals surface area contributed by atoms with E-state index < -0.39 is 6.04 Å². The lowest BCUT2D eigenvalue weighted by Gasteiger charge is -2.25. The highest BCUT2D eigenvalue weighted by molar-refractivity contribution is 5.94. The molecule has 3 N–H and O–H groups in total. The molecule has 6 nitrogen and oxygen atoms in total. The first-order valence-corrected chi connectivity index (χ1v) is 6.45. The standard InChI is InChI=1S/C13H25N5O/c1-13(2,3)11(14)12(19)15-10-6-7-18(16-10)9-8-17(4)5/h6-7,11H,8-9,14H2,1-5H3,(H,15,16,19)/t11-/m1/s1. The van der Waals surface area contributed by atoms with E-state index in [9.17, 15) is 4.79 Å². The molecule has 19 heavy (non-hydrogen) atoms. The largest absolute Gasteiger partial charge is 0.319 e. The maximum atomic E-state index is 11.9. The van der Waals surface area contributed by atoms with Crippen molar-refractivity contribution >= 4 is 11.7 Å². The number of hydrogen-bond acceptors (Lipinski definition) is 4. The van der Waals surface area contributed by atoms with Crippen LogP contribution >= 0.6 is 0 Å². The van der Waals surface area contributed by atoms with Gasteiger partial charge in [0, 0.05) is 18.8 Å². The highest BCUT2D eigenvalue weighted by atomic mass is 16.2. The Kier molecular flexibility index (Phi) is 5.08. The van der Waals surface area contributed by atoms with Crippen LogP contribution in [-0.4, -0.2) is 47.3 Å². The molecular weight excluding hydrogens is 242 g/mol. The predicted molar refractivity (Wildman–Crippen MR) is 76.8 cm³/mol. The fourth-order valence-electron chi connectivity index (χ4n) is 1.45. The molecule has 1 atom stereocenters. The number of likely N-dealkylation sites (N-methyl/N-ethyl adjacent to an activating group) is 1. The number of anilines is 1. The highest BCUT2D eigenvalue weighted by Crippen LogP contribution is 2.18. The average Bonchev–Trinajstić information content (AvgIpc) is 2.71. The van der Waals surface area contributed by atoms with Gasteiger partial charge < -0.3 is 16.0 Å². The zero-order valence-corrected chi connectivity index (χ0v) is 12.5. The van der Waals surface area contributed by atoms with Crippen LogP contribution in [0, 0.1) is 5.41 Å². The smallest absolute Gasteiger partial charge is 0.243 e. The third-order valence-corrected chi connectivity index (χ3v) is 2.88. The first-order chi connectivity index (χ1) is 8.70. The molecule has 0 aromatic carbocycles. The van der Waals surface area contributed by atoms with Gasteiger partial charge in [0.25, 0.3) is 0 Å². The van der Waals surface area contributed by atoms with E-state index >= 15 is 0 Å². The summed E-state index contributed by atoms with van der Waals surface area (Å²) in [7, 11) is 4.02. The Balaban J connectivity index is 2.56. The number of carbonyl (C=O) groups is 1. The first-order valence-electron chi connectivity index (χ1n) is 6.45. The average molecular weight is 267 g/mol. The van der Waals surface area contributed by atoms with Gasteiger partial charge in [-0.05, 0) is 19.5 Å². The van der Waals surface area contributed by atoms with Crippen LogP contribution in [0.5, 0.6) is 0 Å². The van der Waals surface area contributed by atoms with Crippen LogP contribution in [0.15, 0.2) is 12.3 Å². The molecular formula is C13H25N5O. The normalized spacial score (nSPS) is 13.6. The highest BCUT2D eigenvalue weighted by Gasteiger charge is 2.27. The van der Waals surface area contributed by atoms with Crippen LogP contribution in [0.2, 0.25) is 0 Å². The number of aromatic nitrogens is 2. The van der Waals surface area contributed by atoms with Crippen LogP contribution in [0.1, 0.15) is 20.8 Å². The van der Waals surface area contributed by atoms with E-state index in [-0.39, 0.29) is 11.3 Å². The zero-order chi connectivity index (χ0) is 14.6. The summed E-state index contributed by atoms with van der Waals surface area (Å²) in [6, 6.07) is 1.22. The summed E-state index contributed by atoms with van der Waals surface area (Å²) in [6.07, 6.45) is 1.85. The van der Waals surface area contributed by atoms with Crippen molar-refractivity contribution in [1.82, 2.24) is 14.7 Å². The van der Waals surface area contributed by atoms with Crippen LogP contribution in [0.25, 0.3) is 0 Å². The van der Waals surface area contributed by atoms with E-state index in [1.165, 1.54) is 0 Å². The summed E-state index contributed by atoms with van der Waals surface area (Å²) >= 11 is 0. The second-order valence-corrected chi connectivity index (χ2v) is 6.10. The summed E-state index contributed by atoms with van der Waals surface area (Å²) in [4.78, 5) is 14.0. The predicted octanol–water partition coefficient (Wildman–Crippen LogP) is 0.757. The molecule has 1 heterocycles. The van der Waals surface area contributed by atoms with Gasteiger partial charge in [0.2, 0.25) is 5.91 Å². The zero-order valence-electron chi connectivity index (χ0n) is 12.5. The van der Waals surface area contributed by atoms with Gasteiger partial charge in [-0.25, -0.2) is 0 Å². The number of amides is 1. The fraction of sp³-hybridized carbons (Fsp3) is 0.692. The van der Waals surface area contributed by atoms with E-state index in [1.54, 1.807) is 10.7 Å². The lowest BCUT2D eigenvalue weighted by Crippen LogP contribution is -2.45. The minimum absolute atomic E-state index is 0.203. The van der Waals surface area contributed by atoms with Gasteiger partial charge in [-0.2, -0.15) is 5.10 Å². The molecule has 0 saturated heterocycles. The van der Waals surface area contributed by atoms with Crippen LogP contribution in [0.3, 0.4) is 0 Å². The maximum Gasteiger partial charge on any atom is 0.243 e. The summed E-state index contributed by atoms with van der Waals surface area (Å²) < 4.78 is 1.80. The number of carbonyl (C=O) groups excluding carboxylic acids is 1. The number of nitrogens with one attached hydrogen (secondary N) is 1. The van der Waals surface area contributed by atoms with Crippen molar-refractivity contribution in [2.45, 2.75) is 33.4 Å². The van der Waals surface area contributed by atoms with Crippen LogP contribution < -0.4 is 11.1 Å². The molecule has 0 aliphatic heterocycles. The van der Waals surface area contributed by atoms with Crippen LogP contribution in [-0.2, 0) is 11.3 Å². The van der Waals surface area contributed by atoms with Gasteiger partial charge >= 0.3 is 0 Å². The van der Waals surface area contributed by atoms with Crippen molar-refractivity contribution in [2.75, 3.05) is 26.0 Å². The second-order valence-electron chi connectivity index (χ2n) is 6.10. The van der Waals surface area contributed by atoms with Gasteiger partial charge in [-0.1, -0.05) is 20.8 Å². The quantitative estimate of drug-likeness (QED) is 0.825. The summed E-state index contributed by atoms with van der Waals surface area (Å²) in [5, 5.41) is 7.04. The van der Waals surface area contributed by atoms with Crippen molar-refractivity contribution in [3.05, 3.63) is 12.3 Å². The SMILES string of the molecule is CN(C)CCn1ccc(NC(=O)[C@@H](N)C(C)(C)C)n1. The van der Waals surface area contributed by atoms with E-state index in [0.29, 0.717) is 5.82 Å². The third kappa shape index (κ3) is 5.00. The van der Waals surface area contributed by atoms with Crippen molar-refractivity contribution in [1.29, 1.82) is 0 Å². The molecule has 1 rings (SSSR count). The van der Waals surface area contributed by atoms with Crippen molar-refractivity contribution in [3.8, 4) is 0 Å². The molecule has 0 radical (unpaired) electrons. The second kappa shape index (κ2) is 6.16. The minimum atomic E-state index is -0.556. The van der Waals surface area contributed by atoms with Crippen LogP contribution in [0.4, 0.5) is 5.82 Å². The van der Waals surface area contributed by atoms with Gasteiger partial charge in [-0.15, -0.1) is 0 Å². The van der Waals surface area contributed by atoms with Crippen molar-refractivity contribution < 1.29 is 4.79 Å². The number of hydrogen-bond donors (Lipinski definition) is 2. The first kappa shape index (κ1) is 15.7. The Bertz CT molecular complexity index is 419. The molecule has 0 bridgehead atoms. The van der Waals surface area contributed by atoms with E-state index in [1.807, 2.05) is 41.1 Å². The Labute approximate surface area is 114 Å². The molecule has 1 aromatic rings. The molecule has 1 amide bonds. The third-order valence-electron chi connectivity index (χ3n) is 2.88. The molecule has 108 valence electrons. The van der Waals surface area contributed by atoms with E-state index in [0.717, 1.165) is 13.1 Å². The molecule has 0 saturated carbocycles. The molecule has 6 heteroatoms. The Morgan fingerprint density at radius 2 is 2.16 bits per heavy atom. The van der Waals surface area contributed by atoms with Crippen molar-refractivity contribution in [2.24, 2.45) is 11.1 Å². The maximum absolute atomic E-state index is 11.9. The number of rotatable bonds is 5. The molecule has 1 aromatic heterocycles. The molecule has 0 unspecified atom stereocenters. The Morgan fingerprint density at radius 1 is 1.53 bits per heavy atom. The lowest BCUT2D eigenvalue weighted by atomic mass is 9.87. The molecule has 0 aliphatic carbocycles. The van der Waals surface area contributed by atoms with Gasteiger partial charge in [-0.3, -0.25) is 9.48 Å². The van der Waals surface area contributed by atoms with E-state index in [2.05, 4.69) is 15.3 Å². The molecule has 0 fully saturated rings. The topological polar surface area (TPSA) is 76.2 Å².